The molecule has 0 aliphatic carbocycles. The smallest absolute Gasteiger partial charge is 0.193 e. The zero-order valence-corrected chi connectivity index (χ0v) is 22.6. The van der Waals surface area contributed by atoms with E-state index in [1.807, 2.05) is 13.1 Å². The predicted octanol–water partition coefficient (Wildman–Crippen LogP) is 3.14. The van der Waals surface area contributed by atoms with Crippen LogP contribution in [0.5, 0.6) is 11.5 Å². The fourth-order valence-corrected chi connectivity index (χ4v) is 4.67. The number of benzene rings is 1. The minimum Gasteiger partial charge on any atom is -0.493 e. The van der Waals surface area contributed by atoms with E-state index in [2.05, 4.69) is 44.1 Å². The molecule has 0 aromatic heterocycles. The Morgan fingerprint density at radius 1 is 1.00 bits per heavy atom. The maximum absolute atomic E-state index is 5.44. The molecule has 0 saturated carbocycles. The molecule has 1 aromatic carbocycles. The van der Waals surface area contributed by atoms with Gasteiger partial charge in [-0.25, -0.2) is 0 Å². The van der Waals surface area contributed by atoms with Crippen molar-refractivity contribution in [1.29, 1.82) is 0 Å². The van der Waals surface area contributed by atoms with Crippen molar-refractivity contribution in [2.24, 2.45) is 10.9 Å². The van der Waals surface area contributed by atoms with Gasteiger partial charge in [0.05, 0.1) is 14.2 Å². The summed E-state index contributed by atoms with van der Waals surface area (Å²) in [6.45, 7) is 12.0. The van der Waals surface area contributed by atoms with Crippen molar-refractivity contribution in [1.82, 2.24) is 20.0 Å². The molecule has 0 amide bonds. The van der Waals surface area contributed by atoms with Crippen LogP contribution in [-0.4, -0.2) is 94.3 Å². The molecule has 1 aromatic rings. The first-order valence-corrected chi connectivity index (χ1v) is 11.8. The Morgan fingerprint density at radius 2 is 1.69 bits per heavy atom. The number of hydrogen-bond donors (Lipinski definition) is 1. The van der Waals surface area contributed by atoms with Crippen LogP contribution in [0.2, 0.25) is 0 Å². The molecule has 0 bridgehead atoms. The lowest BCUT2D eigenvalue weighted by Crippen LogP contribution is -2.52. The molecular formula is C24H42IN5O2. The van der Waals surface area contributed by atoms with E-state index in [0.29, 0.717) is 0 Å². The molecule has 2 saturated heterocycles. The molecule has 32 heavy (non-hydrogen) atoms. The molecule has 0 unspecified atom stereocenters. The zero-order chi connectivity index (χ0) is 22.1. The van der Waals surface area contributed by atoms with Gasteiger partial charge < -0.3 is 24.6 Å². The van der Waals surface area contributed by atoms with Gasteiger partial charge in [-0.2, -0.15) is 0 Å². The number of guanidine groups is 1. The van der Waals surface area contributed by atoms with Crippen LogP contribution in [0, 0.1) is 5.92 Å². The highest BCUT2D eigenvalue weighted by Gasteiger charge is 2.21. The third kappa shape index (κ3) is 7.66. The number of hydrogen-bond acceptors (Lipinski definition) is 5. The molecule has 1 N–H and O–H groups in total. The molecule has 2 fully saturated rings. The number of nitrogens with zero attached hydrogens (tertiary/aromatic N) is 4. The molecule has 8 heteroatoms. The third-order valence-corrected chi connectivity index (χ3v) is 6.73. The molecule has 2 heterocycles. The number of aliphatic imine (C=N–C) groups is 1. The van der Waals surface area contributed by atoms with Gasteiger partial charge in [0.1, 0.15) is 0 Å². The van der Waals surface area contributed by atoms with Gasteiger partial charge in [0.25, 0.3) is 0 Å². The number of ether oxygens (including phenoxy) is 2. The Kier molecular flexibility index (Phi) is 11.9. The van der Waals surface area contributed by atoms with Gasteiger partial charge in [-0.1, -0.05) is 13.0 Å². The van der Waals surface area contributed by atoms with Gasteiger partial charge in [0, 0.05) is 46.3 Å². The van der Waals surface area contributed by atoms with Crippen LogP contribution in [0.4, 0.5) is 0 Å². The first kappa shape index (κ1) is 27.0. The average molecular weight is 560 g/mol. The first-order valence-electron chi connectivity index (χ1n) is 11.8. The monoisotopic (exact) mass is 559 g/mol. The van der Waals surface area contributed by atoms with E-state index in [1.165, 1.54) is 44.5 Å². The summed E-state index contributed by atoms with van der Waals surface area (Å²) in [4.78, 5) is 12.0. The van der Waals surface area contributed by atoms with Crippen LogP contribution in [0.3, 0.4) is 0 Å². The molecule has 0 radical (unpaired) electrons. The number of methoxy groups -OCH3 is 2. The zero-order valence-electron chi connectivity index (χ0n) is 20.3. The number of piperidine rings is 1. The maximum atomic E-state index is 5.44. The Balaban J connectivity index is 0.00000363. The second-order valence-corrected chi connectivity index (χ2v) is 8.59. The minimum atomic E-state index is 0. The number of piperazine rings is 1. The van der Waals surface area contributed by atoms with E-state index in [0.717, 1.165) is 62.6 Å². The molecular weight excluding hydrogens is 517 g/mol. The summed E-state index contributed by atoms with van der Waals surface area (Å²) in [5.41, 5.74) is 1.25. The standard InChI is InChI=1S/C24H41N5O2.HI/c1-5-27-12-9-20(10-13-27)8-11-26-24(25-2)29-16-14-28(15-17-29)19-21-6-7-22(30-3)23(18-21)31-4;/h6-7,18,20H,5,8-17,19H2,1-4H3,(H,25,26);1H. The van der Waals surface area contributed by atoms with Crippen molar-refractivity contribution >= 4 is 29.9 Å². The van der Waals surface area contributed by atoms with Crippen LogP contribution in [0.1, 0.15) is 31.7 Å². The normalized spacial score (nSPS) is 18.9. The number of nitrogens with one attached hydrogen (secondary N) is 1. The van der Waals surface area contributed by atoms with Gasteiger partial charge in [-0.15, -0.1) is 24.0 Å². The molecule has 182 valence electrons. The summed E-state index contributed by atoms with van der Waals surface area (Å²) in [5.74, 6) is 3.48. The van der Waals surface area contributed by atoms with Gasteiger partial charge in [0.15, 0.2) is 17.5 Å². The van der Waals surface area contributed by atoms with Gasteiger partial charge in [0.2, 0.25) is 0 Å². The first-order chi connectivity index (χ1) is 15.2. The van der Waals surface area contributed by atoms with E-state index in [-0.39, 0.29) is 24.0 Å². The van der Waals surface area contributed by atoms with Crippen LogP contribution < -0.4 is 14.8 Å². The van der Waals surface area contributed by atoms with E-state index in [4.69, 9.17) is 9.47 Å². The summed E-state index contributed by atoms with van der Waals surface area (Å²) in [5, 5.41) is 3.62. The SMILES string of the molecule is CCN1CCC(CCNC(=NC)N2CCN(Cc3ccc(OC)c(OC)c3)CC2)CC1.I. The van der Waals surface area contributed by atoms with E-state index < -0.39 is 0 Å². The van der Waals surface area contributed by atoms with E-state index >= 15 is 0 Å². The van der Waals surface area contributed by atoms with Crippen LogP contribution in [-0.2, 0) is 6.54 Å². The van der Waals surface area contributed by atoms with Crippen molar-refractivity contribution in [3.05, 3.63) is 23.8 Å². The van der Waals surface area contributed by atoms with Crippen molar-refractivity contribution in [2.75, 3.05) is 73.6 Å². The highest BCUT2D eigenvalue weighted by Crippen LogP contribution is 2.28. The Hall–Kier alpha value is -1.26. The fourth-order valence-electron chi connectivity index (χ4n) is 4.67. The lowest BCUT2D eigenvalue weighted by atomic mass is 9.93. The largest absolute Gasteiger partial charge is 0.493 e. The molecule has 2 aliphatic rings. The summed E-state index contributed by atoms with van der Waals surface area (Å²) in [6.07, 6.45) is 3.92. The maximum Gasteiger partial charge on any atom is 0.193 e. The molecule has 2 aliphatic heterocycles. The number of likely N-dealkylation sites (tertiary alicyclic amines) is 1. The quantitative estimate of drug-likeness (QED) is 0.300. The van der Waals surface area contributed by atoms with Gasteiger partial charge in [-0.3, -0.25) is 9.89 Å². The lowest BCUT2D eigenvalue weighted by Gasteiger charge is -2.37. The summed E-state index contributed by atoms with van der Waals surface area (Å²) < 4.78 is 10.8. The second kappa shape index (κ2) is 14.1. The molecule has 0 spiro atoms. The summed E-state index contributed by atoms with van der Waals surface area (Å²) >= 11 is 0. The summed E-state index contributed by atoms with van der Waals surface area (Å²) in [6, 6.07) is 6.19. The van der Waals surface area contributed by atoms with Crippen molar-refractivity contribution in [3.63, 3.8) is 0 Å². The van der Waals surface area contributed by atoms with Crippen molar-refractivity contribution in [3.8, 4) is 11.5 Å². The number of halogens is 1. The highest BCUT2D eigenvalue weighted by molar-refractivity contribution is 14.0. The summed E-state index contributed by atoms with van der Waals surface area (Å²) in [7, 11) is 5.26. The number of rotatable bonds is 8. The fraction of sp³-hybridized carbons (Fsp3) is 0.708. The predicted molar refractivity (Wildman–Crippen MR) is 143 cm³/mol. The van der Waals surface area contributed by atoms with Crippen LogP contribution in [0.15, 0.2) is 23.2 Å². The van der Waals surface area contributed by atoms with E-state index in [1.54, 1.807) is 14.2 Å². The Bertz CT molecular complexity index is 702. The highest BCUT2D eigenvalue weighted by atomic mass is 127. The van der Waals surface area contributed by atoms with E-state index in [9.17, 15) is 0 Å². The molecule has 0 atom stereocenters. The van der Waals surface area contributed by atoms with Crippen molar-refractivity contribution in [2.45, 2.75) is 32.7 Å². The average Bonchev–Trinajstić information content (AvgIpc) is 2.83. The Labute approximate surface area is 211 Å². The molecule has 3 rings (SSSR count). The van der Waals surface area contributed by atoms with Crippen LogP contribution >= 0.6 is 24.0 Å². The Morgan fingerprint density at radius 3 is 2.28 bits per heavy atom. The lowest BCUT2D eigenvalue weighted by molar-refractivity contribution is 0.171. The topological polar surface area (TPSA) is 52.6 Å². The minimum absolute atomic E-state index is 0. The second-order valence-electron chi connectivity index (χ2n) is 8.59. The third-order valence-electron chi connectivity index (χ3n) is 6.73. The van der Waals surface area contributed by atoms with Crippen molar-refractivity contribution < 1.29 is 9.47 Å². The molecule has 7 nitrogen and oxygen atoms in total. The van der Waals surface area contributed by atoms with Gasteiger partial charge >= 0.3 is 0 Å². The van der Waals surface area contributed by atoms with Gasteiger partial charge in [-0.05, 0) is 62.5 Å². The van der Waals surface area contributed by atoms with Crippen LogP contribution in [0.25, 0.3) is 0 Å².